The Morgan fingerprint density at radius 2 is 2.26 bits per heavy atom. The molecule has 0 aliphatic carbocycles. The zero-order chi connectivity index (χ0) is 16.1. The predicted molar refractivity (Wildman–Crippen MR) is 89.4 cm³/mol. The number of aromatic nitrogens is 3. The first-order valence-corrected chi connectivity index (χ1v) is 8.11. The minimum Gasteiger partial charge on any atom is -0.334 e. The van der Waals surface area contributed by atoms with Crippen LogP contribution in [0.5, 0.6) is 0 Å². The van der Waals surface area contributed by atoms with Crippen LogP contribution in [0.15, 0.2) is 53.6 Å². The number of pyridine rings is 1. The predicted octanol–water partition coefficient (Wildman–Crippen LogP) is 2.67. The Balaban J connectivity index is 1.52. The van der Waals surface area contributed by atoms with Crippen LogP contribution in [-0.2, 0) is 13.1 Å². The van der Waals surface area contributed by atoms with Gasteiger partial charge < -0.3 is 10.2 Å². The van der Waals surface area contributed by atoms with E-state index in [1.807, 2.05) is 41.2 Å². The molecule has 0 aliphatic heterocycles. The fourth-order valence-corrected chi connectivity index (χ4v) is 2.76. The Morgan fingerprint density at radius 3 is 2.91 bits per heavy atom. The molecule has 3 aromatic heterocycles. The quantitative estimate of drug-likeness (QED) is 0.783. The molecule has 0 bridgehead atoms. The lowest BCUT2D eigenvalue weighted by atomic mass is 10.3. The van der Waals surface area contributed by atoms with Crippen molar-refractivity contribution in [2.24, 2.45) is 0 Å². The van der Waals surface area contributed by atoms with Crippen molar-refractivity contribution >= 4 is 17.4 Å². The number of nitrogens with one attached hydrogen (secondary N) is 1. The molecule has 6 nitrogen and oxygen atoms in total. The lowest BCUT2D eigenvalue weighted by Crippen LogP contribution is -2.36. The van der Waals surface area contributed by atoms with Gasteiger partial charge in [0, 0.05) is 38.7 Å². The van der Waals surface area contributed by atoms with Gasteiger partial charge in [-0.3, -0.25) is 0 Å². The highest BCUT2D eigenvalue weighted by Gasteiger charge is 2.09. The summed E-state index contributed by atoms with van der Waals surface area (Å²) in [6.07, 6.45) is 5.29. The Bertz CT molecular complexity index is 737. The first-order valence-electron chi connectivity index (χ1n) is 7.17. The zero-order valence-corrected chi connectivity index (χ0v) is 13.5. The maximum atomic E-state index is 12.1. The molecule has 3 heterocycles. The minimum atomic E-state index is -0.104. The molecule has 0 saturated carbocycles. The summed E-state index contributed by atoms with van der Waals surface area (Å²) < 4.78 is 1.69. The fraction of sp³-hybridized carbons (Fsp3) is 0.188. The average Bonchev–Trinajstić information content (AvgIpc) is 3.26. The molecule has 0 unspecified atom stereocenters. The number of carbonyl (C=O) groups excluding carboxylic acids is 1. The van der Waals surface area contributed by atoms with Crippen LogP contribution in [0, 0.1) is 0 Å². The third-order valence-corrected chi connectivity index (χ3v) is 4.07. The molecular formula is C16H17N5OS. The maximum Gasteiger partial charge on any atom is 0.317 e. The summed E-state index contributed by atoms with van der Waals surface area (Å²) in [5.41, 5.74) is 2.08. The molecule has 3 aromatic rings. The van der Waals surface area contributed by atoms with Crippen LogP contribution in [0.4, 0.5) is 4.79 Å². The van der Waals surface area contributed by atoms with E-state index in [0.717, 1.165) is 16.9 Å². The van der Waals surface area contributed by atoms with E-state index >= 15 is 0 Å². The molecule has 23 heavy (non-hydrogen) atoms. The monoisotopic (exact) mass is 327 g/mol. The van der Waals surface area contributed by atoms with Gasteiger partial charge in [-0.05, 0) is 40.1 Å². The Morgan fingerprint density at radius 1 is 1.35 bits per heavy atom. The van der Waals surface area contributed by atoms with Crippen LogP contribution in [0.25, 0.3) is 5.82 Å². The molecule has 0 aromatic carbocycles. The van der Waals surface area contributed by atoms with Gasteiger partial charge in [-0.25, -0.2) is 14.5 Å². The minimum absolute atomic E-state index is 0.104. The summed E-state index contributed by atoms with van der Waals surface area (Å²) in [5.74, 6) is 0.750. The third kappa shape index (κ3) is 3.95. The highest BCUT2D eigenvalue weighted by molar-refractivity contribution is 7.07. The van der Waals surface area contributed by atoms with E-state index < -0.39 is 0 Å². The first-order chi connectivity index (χ1) is 11.2. The van der Waals surface area contributed by atoms with Crippen molar-refractivity contribution < 1.29 is 4.79 Å². The van der Waals surface area contributed by atoms with Crippen molar-refractivity contribution in [1.82, 2.24) is 25.0 Å². The molecule has 2 amide bonds. The second-order valence-corrected chi connectivity index (χ2v) is 5.90. The highest BCUT2D eigenvalue weighted by atomic mass is 32.1. The van der Waals surface area contributed by atoms with Crippen molar-refractivity contribution in [2.75, 3.05) is 7.05 Å². The van der Waals surface area contributed by atoms with E-state index in [1.165, 1.54) is 0 Å². The summed E-state index contributed by atoms with van der Waals surface area (Å²) in [7, 11) is 1.78. The second-order valence-electron chi connectivity index (χ2n) is 5.12. The lowest BCUT2D eigenvalue weighted by molar-refractivity contribution is 0.206. The van der Waals surface area contributed by atoms with E-state index in [1.54, 1.807) is 40.4 Å². The maximum absolute atomic E-state index is 12.1. The Kier molecular flexibility index (Phi) is 4.68. The van der Waals surface area contributed by atoms with Gasteiger partial charge in [-0.2, -0.15) is 16.4 Å². The summed E-state index contributed by atoms with van der Waals surface area (Å²) >= 11 is 1.63. The Hall–Kier alpha value is -2.67. The SMILES string of the molecule is CN(Cc1ccsc1)C(=O)NCc1ccc(-n2cccn2)nc1. The van der Waals surface area contributed by atoms with Gasteiger partial charge in [-0.15, -0.1) is 0 Å². The average molecular weight is 327 g/mol. The number of urea groups is 1. The number of hydrogen-bond acceptors (Lipinski definition) is 4. The number of amides is 2. The van der Waals surface area contributed by atoms with Gasteiger partial charge in [0.1, 0.15) is 0 Å². The molecule has 0 radical (unpaired) electrons. The van der Waals surface area contributed by atoms with Gasteiger partial charge in [-0.1, -0.05) is 6.07 Å². The van der Waals surface area contributed by atoms with Crippen molar-refractivity contribution in [3.8, 4) is 5.82 Å². The summed E-state index contributed by atoms with van der Waals surface area (Å²) in [5, 5.41) is 11.1. The molecule has 0 atom stereocenters. The normalized spacial score (nSPS) is 10.5. The first kappa shape index (κ1) is 15.2. The van der Waals surface area contributed by atoms with Gasteiger partial charge in [0.2, 0.25) is 0 Å². The van der Waals surface area contributed by atoms with E-state index in [2.05, 4.69) is 15.4 Å². The molecule has 0 spiro atoms. The van der Waals surface area contributed by atoms with Crippen molar-refractivity contribution in [1.29, 1.82) is 0 Å². The summed E-state index contributed by atoms with van der Waals surface area (Å²) in [6, 6.07) is 7.57. The molecule has 118 valence electrons. The van der Waals surface area contributed by atoms with Gasteiger partial charge >= 0.3 is 6.03 Å². The van der Waals surface area contributed by atoms with Gasteiger partial charge in [0.15, 0.2) is 5.82 Å². The van der Waals surface area contributed by atoms with Crippen LogP contribution in [0.2, 0.25) is 0 Å². The smallest absolute Gasteiger partial charge is 0.317 e. The molecule has 0 saturated heterocycles. The number of carbonyl (C=O) groups is 1. The molecule has 0 fully saturated rings. The molecule has 3 rings (SSSR count). The topological polar surface area (TPSA) is 63.1 Å². The van der Waals surface area contributed by atoms with Crippen molar-refractivity contribution in [3.05, 3.63) is 64.7 Å². The van der Waals surface area contributed by atoms with E-state index in [4.69, 9.17) is 0 Å². The largest absolute Gasteiger partial charge is 0.334 e. The summed E-state index contributed by atoms with van der Waals surface area (Å²) in [4.78, 5) is 18.1. The van der Waals surface area contributed by atoms with Gasteiger partial charge in [0.25, 0.3) is 0 Å². The number of rotatable bonds is 5. The van der Waals surface area contributed by atoms with E-state index in [9.17, 15) is 4.79 Å². The fourth-order valence-electron chi connectivity index (χ4n) is 2.10. The van der Waals surface area contributed by atoms with Crippen molar-refractivity contribution in [2.45, 2.75) is 13.1 Å². The van der Waals surface area contributed by atoms with Crippen LogP contribution in [0.1, 0.15) is 11.1 Å². The standard InChI is InChI=1S/C16H17N5OS/c1-20(11-14-5-8-23-12-14)16(22)18-10-13-3-4-15(17-9-13)21-7-2-6-19-21/h2-9,12H,10-11H2,1H3,(H,18,22). The number of nitrogens with zero attached hydrogens (tertiary/aromatic N) is 4. The number of hydrogen-bond donors (Lipinski definition) is 1. The molecule has 0 aliphatic rings. The summed E-state index contributed by atoms with van der Waals surface area (Å²) in [6.45, 7) is 1.05. The zero-order valence-electron chi connectivity index (χ0n) is 12.7. The highest BCUT2D eigenvalue weighted by Crippen LogP contribution is 2.09. The van der Waals surface area contributed by atoms with E-state index in [0.29, 0.717) is 13.1 Å². The molecule has 7 heteroatoms. The van der Waals surface area contributed by atoms with Crippen LogP contribution in [-0.4, -0.2) is 32.7 Å². The van der Waals surface area contributed by atoms with Crippen LogP contribution >= 0.6 is 11.3 Å². The second kappa shape index (κ2) is 7.06. The lowest BCUT2D eigenvalue weighted by Gasteiger charge is -2.17. The number of thiophene rings is 1. The molecule has 1 N–H and O–H groups in total. The van der Waals surface area contributed by atoms with Crippen LogP contribution in [0.3, 0.4) is 0 Å². The van der Waals surface area contributed by atoms with E-state index in [-0.39, 0.29) is 6.03 Å². The Labute approximate surface area is 138 Å². The third-order valence-electron chi connectivity index (χ3n) is 3.34. The van der Waals surface area contributed by atoms with Gasteiger partial charge in [0.05, 0.1) is 0 Å². The van der Waals surface area contributed by atoms with Crippen LogP contribution < -0.4 is 5.32 Å². The molecular weight excluding hydrogens is 310 g/mol. The van der Waals surface area contributed by atoms with Crippen molar-refractivity contribution in [3.63, 3.8) is 0 Å².